The zero-order chi connectivity index (χ0) is 13.1. The quantitative estimate of drug-likeness (QED) is 0.774. The van der Waals surface area contributed by atoms with Gasteiger partial charge in [-0.1, -0.05) is 32.5 Å². The number of nitrogens with zero attached hydrogens (tertiary/aromatic N) is 2. The second-order valence-electron chi connectivity index (χ2n) is 5.12. The van der Waals surface area contributed by atoms with Crippen LogP contribution < -0.4 is 5.32 Å². The van der Waals surface area contributed by atoms with Crippen molar-refractivity contribution in [3.63, 3.8) is 0 Å². The molecular weight excluding hydrogens is 246 g/mol. The van der Waals surface area contributed by atoms with E-state index < -0.39 is 0 Å². The number of carbonyl (C=O) groups is 1. The lowest BCUT2D eigenvalue weighted by molar-refractivity contribution is 0.150. The highest BCUT2D eigenvalue weighted by atomic mass is 32.1. The van der Waals surface area contributed by atoms with Gasteiger partial charge in [0.1, 0.15) is 0 Å². The van der Waals surface area contributed by atoms with Gasteiger partial charge in [0, 0.05) is 25.0 Å². The van der Waals surface area contributed by atoms with Crippen molar-refractivity contribution < 1.29 is 4.79 Å². The lowest BCUT2D eigenvalue weighted by Gasteiger charge is -2.39. The predicted octanol–water partition coefficient (Wildman–Crippen LogP) is 1.85. The fraction of sp³-hybridized carbons (Fsp3) is 0.846. The van der Waals surface area contributed by atoms with Gasteiger partial charge >= 0.3 is 6.03 Å². The van der Waals surface area contributed by atoms with E-state index in [4.69, 9.17) is 12.2 Å². The summed E-state index contributed by atoms with van der Waals surface area (Å²) >= 11 is 5.29. The molecule has 5 heteroatoms. The molecule has 1 aliphatic carbocycles. The topological polar surface area (TPSA) is 35.6 Å². The smallest absolute Gasteiger partial charge is 0.320 e. The Balaban J connectivity index is 1.97. The first-order chi connectivity index (χ1) is 8.67. The van der Waals surface area contributed by atoms with Crippen molar-refractivity contribution in [2.75, 3.05) is 26.2 Å². The molecule has 102 valence electrons. The molecular formula is C13H23N3OS. The minimum Gasteiger partial charge on any atom is -0.320 e. The van der Waals surface area contributed by atoms with Gasteiger partial charge in [-0.15, -0.1) is 0 Å². The average molecular weight is 269 g/mol. The molecule has 1 saturated carbocycles. The molecule has 2 unspecified atom stereocenters. The standard InChI is InChI=1S/C13H23N3OS/c1-3-15(4-2)8-9-16-11-7-5-6-10(11)12(18)14-13(16)17/h10-11H,3-9H2,1-2H3,(H,14,17,18). The summed E-state index contributed by atoms with van der Waals surface area (Å²) < 4.78 is 0. The van der Waals surface area contributed by atoms with Gasteiger partial charge in [-0.2, -0.15) is 0 Å². The molecule has 0 aromatic carbocycles. The first-order valence-electron chi connectivity index (χ1n) is 7.01. The Kier molecular flexibility index (Phi) is 4.56. The monoisotopic (exact) mass is 269 g/mol. The minimum absolute atomic E-state index is 0.00954. The van der Waals surface area contributed by atoms with Gasteiger partial charge in [-0.3, -0.25) is 0 Å². The van der Waals surface area contributed by atoms with Gasteiger partial charge < -0.3 is 15.1 Å². The maximum atomic E-state index is 12.0. The molecule has 0 spiro atoms. The Hall–Kier alpha value is -0.680. The van der Waals surface area contributed by atoms with Crippen LogP contribution in [0.3, 0.4) is 0 Å². The number of amides is 2. The summed E-state index contributed by atoms with van der Waals surface area (Å²) in [6.45, 7) is 8.17. The molecule has 1 saturated heterocycles. The van der Waals surface area contributed by atoms with Crippen LogP contribution in [-0.2, 0) is 0 Å². The van der Waals surface area contributed by atoms with E-state index >= 15 is 0 Å². The number of thiocarbonyl (C=S) groups is 1. The van der Waals surface area contributed by atoms with E-state index in [0.717, 1.165) is 44.0 Å². The van der Waals surface area contributed by atoms with E-state index in [-0.39, 0.29) is 6.03 Å². The van der Waals surface area contributed by atoms with Gasteiger partial charge in [-0.05, 0) is 25.9 Å². The number of nitrogens with one attached hydrogen (secondary N) is 1. The summed E-state index contributed by atoms with van der Waals surface area (Å²) in [5.74, 6) is 0.398. The normalized spacial score (nSPS) is 27.6. The molecule has 1 aliphatic heterocycles. The van der Waals surface area contributed by atoms with E-state index in [0.29, 0.717) is 12.0 Å². The van der Waals surface area contributed by atoms with Crippen molar-refractivity contribution in [1.82, 2.24) is 15.1 Å². The predicted molar refractivity (Wildman–Crippen MR) is 76.8 cm³/mol. The number of hydrogen-bond acceptors (Lipinski definition) is 3. The lowest BCUT2D eigenvalue weighted by atomic mass is 10.00. The van der Waals surface area contributed by atoms with Crippen LogP contribution in [0, 0.1) is 5.92 Å². The van der Waals surface area contributed by atoms with Gasteiger partial charge in [0.25, 0.3) is 0 Å². The van der Waals surface area contributed by atoms with Crippen LogP contribution in [-0.4, -0.2) is 53.0 Å². The molecule has 0 aromatic heterocycles. The van der Waals surface area contributed by atoms with Crippen LogP contribution in [0.5, 0.6) is 0 Å². The van der Waals surface area contributed by atoms with E-state index in [1.807, 2.05) is 4.90 Å². The number of fused-ring (bicyclic) bond motifs is 1. The van der Waals surface area contributed by atoms with Crippen LogP contribution in [0.1, 0.15) is 33.1 Å². The zero-order valence-electron chi connectivity index (χ0n) is 11.3. The van der Waals surface area contributed by atoms with E-state index in [2.05, 4.69) is 24.1 Å². The van der Waals surface area contributed by atoms with E-state index in [1.165, 1.54) is 6.42 Å². The molecule has 1 heterocycles. The maximum absolute atomic E-state index is 12.0. The molecule has 18 heavy (non-hydrogen) atoms. The first kappa shape index (κ1) is 13.7. The molecule has 2 aliphatic rings. The molecule has 1 N–H and O–H groups in total. The molecule has 0 aromatic rings. The minimum atomic E-state index is 0.00954. The highest BCUT2D eigenvalue weighted by molar-refractivity contribution is 7.80. The molecule has 2 rings (SSSR count). The van der Waals surface area contributed by atoms with Crippen molar-refractivity contribution in [2.24, 2.45) is 5.92 Å². The van der Waals surface area contributed by atoms with Crippen molar-refractivity contribution in [3.05, 3.63) is 0 Å². The third kappa shape index (κ3) is 2.67. The zero-order valence-corrected chi connectivity index (χ0v) is 12.1. The third-order valence-electron chi connectivity index (χ3n) is 4.26. The molecule has 0 bridgehead atoms. The first-order valence-corrected chi connectivity index (χ1v) is 7.42. The molecule has 0 radical (unpaired) electrons. The van der Waals surface area contributed by atoms with Gasteiger partial charge in [0.05, 0.1) is 4.99 Å². The Morgan fingerprint density at radius 2 is 2.11 bits per heavy atom. The fourth-order valence-electron chi connectivity index (χ4n) is 3.10. The van der Waals surface area contributed by atoms with E-state index in [1.54, 1.807) is 0 Å². The third-order valence-corrected chi connectivity index (χ3v) is 4.66. The summed E-state index contributed by atoms with van der Waals surface area (Å²) in [5.41, 5.74) is 0. The molecule has 2 atom stereocenters. The Morgan fingerprint density at radius 3 is 2.78 bits per heavy atom. The SMILES string of the molecule is CCN(CC)CCN1C(=O)NC(=S)C2CCCC21. The van der Waals surface area contributed by atoms with Crippen molar-refractivity contribution >= 4 is 23.2 Å². The average Bonchev–Trinajstić information content (AvgIpc) is 2.83. The molecule has 2 fully saturated rings. The van der Waals surface area contributed by atoms with Gasteiger partial charge in [0.15, 0.2) is 0 Å². The second-order valence-corrected chi connectivity index (χ2v) is 5.56. The summed E-state index contributed by atoms with van der Waals surface area (Å²) in [5, 5.41) is 2.86. The van der Waals surface area contributed by atoms with Crippen LogP contribution in [0.25, 0.3) is 0 Å². The van der Waals surface area contributed by atoms with Crippen LogP contribution >= 0.6 is 12.2 Å². The Bertz CT molecular complexity index is 330. The Labute approximate surface area is 115 Å². The highest BCUT2D eigenvalue weighted by Gasteiger charge is 2.41. The van der Waals surface area contributed by atoms with E-state index in [9.17, 15) is 4.79 Å². The number of rotatable bonds is 5. The molecule has 2 amide bonds. The van der Waals surface area contributed by atoms with Crippen LogP contribution in [0.15, 0.2) is 0 Å². The maximum Gasteiger partial charge on any atom is 0.322 e. The van der Waals surface area contributed by atoms with Crippen LogP contribution in [0.4, 0.5) is 4.79 Å². The number of likely N-dealkylation sites (N-methyl/N-ethyl adjacent to an activating group) is 1. The summed E-state index contributed by atoms with van der Waals surface area (Å²) in [4.78, 5) is 17.2. The second kappa shape index (κ2) is 5.97. The number of urea groups is 1. The summed E-state index contributed by atoms with van der Waals surface area (Å²) in [7, 11) is 0. The lowest BCUT2D eigenvalue weighted by Crippen LogP contribution is -2.59. The van der Waals surface area contributed by atoms with Gasteiger partial charge in [-0.25, -0.2) is 4.79 Å². The molecule has 4 nitrogen and oxygen atoms in total. The Morgan fingerprint density at radius 1 is 1.39 bits per heavy atom. The fourth-order valence-corrected chi connectivity index (χ4v) is 3.46. The van der Waals surface area contributed by atoms with Gasteiger partial charge in [0.2, 0.25) is 0 Å². The number of hydrogen-bond donors (Lipinski definition) is 1. The highest BCUT2D eigenvalue weighted by Crippen LogP contribution is 2.33. The van der Waals surface area contributed by atoms with Crippen molar-refractivity contribution in [2.45, 2.75) is 39.2 Å². The summed E-state index contributed by atoms with van der Waals surface area (Å²) in [6.07, 6.45) is 3.42. The summed E-state index contributed by atoms with van der Waals surface area (Å²) in [6, 6.07) is 0.358. The largest absolute Gasteiger partial charge is 0.322 e. The van der Waals surface area contributed by atoms with Crippen molar-refractivity contribution in [1.29, 1.82) is 0 Å². The van der Waals surface area contributed by atoms with Crippen LogP contribution in [0.2, 0.25) is 0 Å². The number of carbonyl (C=O) groups excluding carboxylic acids is 1. The van der Waals surface area contributed by atoms with Crippen molar-refractivity contribution in [3.8, 4) is 0 Å².